The molecule has 0 atom stereocenters. The molecule has 1 aromatic heterocycles. The summed E-state index contributed by atoms with van der Waals surface area (Å²) in [6.07, 6.45) is 3.24. The van der Waals surface area contributed by atoms with Gasteiger partial charge in [-0.2, -0.15) is 0 Å². The van der Waals surface area contributed by atoms with Crippen LogP contribution in [0.3, 0.4) is 0 Å². The van der Waals surface area contributed by atoms with Crippen molar-refractivity contribution in [2.45, 2.75) is 13.5 Å². The molecule has 0 fully saturated rings. The van der Waals surface area contributed by atoms with Gasteiger partial charge in [0.25, 0.3) is 0 Å². The third-order valence-corrected chi connectivity index (χ3v) is 3.01. The van der Waals surface area contributed by atoms with E-state index in [-0.39, 0.29) is 5.91 Å². The summed E-state index contributed by atoms with van der Waals surface area (Å²) >= 11 is 4.99. The maximum Gasteiger partial charge on any atom is 0.243 e. The van der Waals surface area contributed by atoms with Crippen molar-refractivity contribution < 1.29 is 4.79 Å². The molecule has 1 heterocycles. The van der Waals surface area contributed by atoms with E-state index in [1.807, 2.05) is 19.1 Å². The van der Waals surface area contributed by atoms with Gasteiger partial charge in [0.15, 0.2) is 0 Å². The molecule has 0 bridgehead atoms. The molecule has 0 aliphatic carbocycles. The van der Waals surface area contributed by atoms with Crippen LogP contribution in [-0.4, -0.2) is 5.91 Å². The maximum absolute atomic E-state index is 11.0. The molecule has 0 radical (unpaired) electrons. The number of rotatable bonds is 3. The number of allylic oxidation sites excluding steroid dienone is 1. The maximum atomic E-state index is 11.0. The van der Waals surface area contributed by atoms with Gasteiger partial charge in [-0.05, 0) is 41.1 Å². The van der Waals surface area contributed by atoms with Gasteiger partial charge in [-0.15, -0.1) is 11.3 Å². The second-order valence-corrected chi connectivity index (χ2v) is 4.97. The van der Waals surface area contributed by atoms with E-state index in [1.54, 1.807) is 17.4 Å². The fraction of sp³-hybridized carbons (Fsp3) is 0.222. The van der Waals surface area contributed by atoms with E-state index in [1.165, 1.54) is 6.08 Å². The van der Waals surface area contributed by atoms with E-state index in [4.69, 9.17) is 0 Å². The lowest BCUT2D eigenvalue weighted by Crippen LogP contribution is -2.19. The van der Waals surface area contributed by atoms with E-state index in [9.17, 15) is 4.79 Å². The summed E-state index contributed by atoms with van der Waals surface area (Å²) in [4.78, 5) is 12.2. The van der Waals surface area contributed by atoms with E-state index in [0.717, 1.165) is 8.66 Å². The second kappa shape index (κ2) is 5.19. The monoisotopic (exact) mass is 259 g/mol. The molecule has 13 heavy (non-hydrogen) atoms. The molecule has 0 unspecified atom stereocenters. The van der Waals surface area contributed by atoms with E-state index in [2.05, 4.69) is 21.2 Å². The molecule has 1 rings (SSSR count). The largest absolute Gasteiger partial charge is 0.348 e. The number of thiophene rings is 1. The van der Waals surface area contributed by atoms with Crippen LogP contribution in [0.4, 0.5) is 0 Å². The molecular weight excluding hydrogens is 250 g/mol. The van der Waals surface area contributed by atoms with Crippen LogP contribution in [0.5, 0.6) is 0 Å². The number of hydrogen-bond acceptors (Lipinski definition) is 2. The van der Waals surface area contributed by atoms with Crippen molar-refractivity contribution in [3.63, 3.8) is 0 Å². The first-order valence-electron chi connectivity index (χ1n) is 3.87. The fourth-order valence-corrected chi connectivity index (χ4v) is 2.25. The highest BCUT2D eigenvalue weighted by Crippen LogP contribution is 2.21. The summed E-state index contributed by atoms with van der Waals surface area (Å²) in [7, 11) is 0. The number of amides is 1. The van der Waals surface area contributed by atoms with Gasteiger partial charge < -0.3 is 5.32 Å². The Morgan fingerprint density at radius 3 is 3.00 bits per heavy atom. The molecule has 70 valence electrons. The number of hydrogen-bond donors (Lipinski definition) is 1. The number of halogens is 1. The number of nitrogens with one attached hydrogen (secondary N) is 1. The molecule has 0 saturated heterocycles. The molecule has 0 spiro atoms. The number of carbonyl (C=O) groups excluding carboxylic acids is 1. The summed E-state index contributed by atoms with van der Waals surface area (Å²) in [6.45, 7) is 2.42. The lowest BCUT2D eigenvalue weighted by atomic mass is 10.4. The van der Waals surface area contributed by atoms with Gasteiger partial charge in [-0.3, -0.25) is 4.79 Å². The first-order valence-corrected chi connectivity index (χ1v) is 5.48. The van der Waals surface area contributed by atoms with E-state index < -0.39 is 0 Å². The summed E-state index contributed by atoms with van der Waals surface area (Å²) in [5, 5.41) is 2.78. The highest BCUT2D eigenvalue weighted by atomic mass is 79.9. The topological polar surface area (TPSA) is 29.1 Å². The van der Waals surface area contributed by atoms with Crippen molar-refractivity contribution >= 4 is 33.2 Å². The highest BCUT2D eigenvalue weighted by molar-refractivity contribution is 9.11. The number of carbonyl (C=O) groups is 1. The fourth-order valence-electron chi connectivity index (χ4n) is 0.831. The van der Waals surface area contributed by atoms with Gasteiger partial charge in [-0.25, -0.2) is 0 Å². The lowest BCUT2D eigenvalue weighted by Gasteiger charge is -1.97. The Morgan fingerprint density at radius 2 is 2.46 bits per heavy atom. The summed E-state index contributed by atoms with van der Waals surface area (Å²) in [5.74, 6) is -0.0491. The average molecular weight is 260 g/mol. The molecule has 4 heteroatoms. The quantitative estimate of drug-likeness (QED) is 0.832. The van der Waals surface area contributed by atoms with Gasteiger partial charge >= 0.3 is 0 Å². The SMILES string of the molecule is C/C=C/C(=O)NCc1ccc(Br)s1. The van der Waals surface area contributed by atoms with Crippen LogP contribution in [0.15, 0.2) is 28.1 Å². The molecular formula is C9H10BrNOS. The predicted octanol–water partition coefficient (Wildman–Crippen LogP) is 2.70. The Bertz CT molecular complexity index is 319. The van der Waals surface area contributed by atoms with Crippen LogP contribution in [0, 0.1) is 0 Å². The molecule has 0 aromatic carbocycles. The van der Waals surface area contributed by atoms with Crippen molar-refractivity contribution in [3.8, 4) is 0 Å². The van der Waals surface area contributed by atoms with Crippen LogP contribution >= 0.6 is 27.3 Å². The van der Waals surface area contributed by atoms with Gasteiger partial charge in [0.2, 0.25) is 5.91 Å². The zero-order valence-electron chi connectivity index (χ0n) is 7.21. The van der Waals surface area contributed by atoms with Crippen LogP contribution in [0.25, 0.3) is 0 Å². The van der Waals surface area contributed by atoms with Crippen molar-refractivity contribution in [2.75, 3.05) is 0 Å². The molecule has 1 amide bonds. The van der Waals surface area contributed by atoms with Crippen molar-refractivity contribution in [3.05, 3.63) is 32.9 Å². The molecule has 0 aliphatic rings. The van der Waals surface area contributed by atoms with Gasteiger partial charge in [0.1, 0.15) is 0 Å². The first-order chi connectivity index (χ1) is 6.22. The van der Waals surface area contributed by atoms with Gasteiger partial charge in [-0.1, -0.05) is 6.08 Å². The van der Waals surface area contributed by atoms with Crippen LogP contribution in [0.2, 0.25) is 0 Å². The molecule has 0 saturated carbocycles. The minimum absolute atomic E-state index is 0.0491. The molecule has 1 N–H and O–H groups in total. The predicted molar refractivity (Wildman–Crippen MR) is 58.7 cm³/mol. The zero-order chi connectivity index (χ0) is 9.68. The minimum Gasteiger partial charge on any atom is -0.348 e. The highest BCUT2D eigenvalue weighted by Gasteiger charge is 1.98. The van der Waals surface area contributed by atoms with E-state index in [0.29, 0.717) is 6.54 Å². The van der Waals surface area contributed by atoms with Crippen LogP contribution in [0.1, 0.15) is 11.8 Å². The third-order valence-electron chi connectivity index (χ3n) is 1.38. The smallest absolute Gasteiger partial charge is 0.243 e. The second-order valence-electron chi connectivity index (χ2n) is 2.42. The Labute approximate surface area is 89.8 Å². The minimum atomic E-state index is -0.0491. The van der Waals surface area contributed by atoms with Crippen molar-refractivity contribution in [1.82, 2.24) is 5.32 Å². The van der Waals surface area contributed by atoms with Crippen molar-refractivity contribution in [1.29, 1.82) is 0 Å². The van der Waals surface area contributed by atoms with Crippen molar-refractivity contribution in [2.24, 2.45) is 0 Å². The summed E-state index contributed by atoms with van der Waals surface area (Å²) < 4.78 is 1.09. The Hall–Kier alpha value is -0.610. The average Bonchev–Trinajstić information content (AvgIpc) is 2.49. The Kier molecular flexibility index (Phi) is 4.18. The normalized spacial score (nSPS) is 10.6. The van der Waals surface area contributed by atoms with Crippen LogP contribution in [-0.2, 0) is 11.3 Å². The van der Waals surface area contributed by atoms with Crippen LogP contribution < -0.4 is 5.32 Å². The standard InChI is InChI=1S/C9H10BrNOS/c1-2-3-9(12)11-6-7-4-5-8(10)13-7/h2-5H,6H2,1H3,(H,11,12)/b3-2+. The third kappa shape index (κ3) is 3.74. The molecule has 1 aromatic rings. The Balaban J connectivity index is 2.39. The first kappa shape index (κ1) is 10.5. The molecule has 0 aliphatic heterocycles. The van der Waals surface area contributed by atoms with Gasteiger partial charge in [0.05, 0.1) is 10.3 Å². The summed E-state index contributed by atoms with van der Waals surface area (Å²) in [5.41, 5.74) is 0. The molecule has 2 nitrogen and oxygen atoms in total. The van der Waals surface area contributed by atoms with E-state index >= 15 is 0 Å². The lowest BCUT2D eigenvalue weighted by molar-refractivity contribution is -0.116. The Morgan fingerprint density at radius 1 is 1.69 bits per heavy atom. The summed E-state index contributed by atoms with van der Waals surface area (Å²) in [6, 6.07) is 3.96. The zero-order valence-corrected chi connectivity index (χ0v) is 9.61. The van der Waals surface area contributed by atoms with Gasteiger partial charge in [0, 0.05) is 4.88 Å².